The molecule has 0 aromatic carbocycles. The Morgan fingerprint density at radius 2 is 2.08 bits per heavy atom. The van der Waals surface area contributed by atoms with Crippen LogP contribution in [0.4, 0.5) is 4.79 Å². The fraction of sp³-hybridized carbons (Fsp3) is 0.706. The van der Waals surface area contributed by atoms with Crippen molar-refractivity contribution in [3.05, 3.63) is 16.6 Å². The average Bonchev–Trinajstić information content (AvgIpc) is 3.15. The molecular weight excluding hydrogens is 340 g/mol. The smallest absolute Gasteiger partial charge is 0.319 e. The summed E-state index contributed by atoms with van der Waals surface area (Å²) >= 11 is 1.52. The lowest BCUT2D eigenvalue weighted by Gasteiger charge is -2.35. The number of amides is 3. The second-order valence-electron chi connectivity index (χ2n) is 6.28. The van der Waals surface area contributed by atoms with Gasteiger partial charge in [0.15, 0.2) is 0 Å². The highest BCUT2D eigenvalue weighted by atomic mass is 32.1. The van der Waals surface area contributed by atoms with E-state index in [0.29, 0.717) is 45.4 Å². The number of aliphatic hydroxyl groups excluding tert-OH is 1. The zero-order valence-electron chi connectivity index (χ0n) is 15.0. The van der Waals surface area contributed by atoms with Crippen molar-refractivity contribution < 1.29 is 14.7 Å². The van der Waals surface area contributed by atoms with Crippen LogP contribution in [0.2, 0.25) is 0 Å². The molecule has 1 aliphatic rings. The number of rotatable bonds is 7. The van der Waals surface area contributed by atoms with E-state index in [-0.39, 0.29) is 30.5 Å². The number of aliphatic hydroxyl groups is 1. The van der Waals surface area contributed by atoms with Gasteiger partial charge in [0, 0.05) is 49.6 Å². The molecule has 1 atom stereocenters. The minimum atomic E-state index is -0.289. The van der Waals surface area contributed by atoms with Crippen molar-refractivity contribution >= 4 is 23.3 Å². The first-order valence-electron chi connectivity index (χ1n) is 8.91. The third-order valence-electron chi connectivity index (χ3n) is 4.67. The van der Waals surface area contributed by atoms with Crippen LogP contribution in [0.25, 0.3) is 0 Å². The summed E-state index contributed by atoms with van der Waals surface area (Å²) in [6.45, 7) is 6.46. The molecule has 8 heteroatoms. The fourth-order valence-corrected chi connectivity index (χ4v) is 3.77. The van der Waals surface area contributed by atoms with E-state index in [4.69, 9.17) is 0 Å². The van der Waals surface area contributed by atoms with Crippen LogP contribution >= 0.6 is 11.3 Å². The zero-order chi connectivity index (χ0) is 18.2. The Morgan fingerprint density at radius 3 is 2.60 bits per heavy atom. The molecule has 0 radical (unpaired) electrons. The molecule has 2 rings (SSSR count). The van der Waals surface area contributed by atoms with Crippen LogP contribution in [0.3, 0.4) is 0 Å². The molecule has 0 saturated carbocycles. The van der Waals surface area contributed by atoms with Crippen LogP contribution in [0.5, 0.6) is 0 Å². The highest BCUT2D eigenvalue weighted by molar-refractivity contribution is 7.09. The molecule has 2 heterocycles. The normalized spacial score (nSPS) is 16.5. The molecule has 140 valence electrons. The zero-order valence-corrected chi connectivity index (χ0v) is 15.8. The van der Waals surface area contributed by atoms with E-state index >= 15 is 0 Å². The quantitative estimate of drug-likeness (QED) is 0.760. The maximum atomic E-state index is 12.5. The molecule has 1 fully saturated rings. The monoisotopic (exact) mass is 368 g/mol. The van der Waals surface area contributed by atoms with E-state index in [1.165, 1.54) is 11.3 Å². The predicted octanol–water partition coefficient (Wildman–Crippen LogP) is 1.34. The maximum absolute atomic E-state index is 12.5. The number of hydrogen-bond acceptors (Lipinski definition) is 5. The summed E-state index contributed by atoms with van der Waals surface area (Å²) in [5.74, 6) is -0.130. The molecule has 0 bridgehead atoms. The Bertz CT molecular complexity index is 540. The van der Waals surface area contributed by atoms with Crippen LogP contribution in [0.1, 0.15) is 31.6 Å². The van der Waals surface area contributed by atoms with Gasteiger partial charge < -0.3 is 20.2 Å². The second-order valence-corrected chi connectivity index (χ2v) is 7.25. The van der Waals surface area contributed by atoms with Gasteiger partial charge in [-0.25, -0.2) is 4.79 Å². The summed E-state index contributed by atoms with van der Waals surface area (Å²) in [5, 5.41) is 12.5. The molecule has 3 amide bonds. The first-order chi connectivity index (χ1) is 12.1. The second kappa shape index (κ2) is 9.72. The molecule has 25 heavy (non-hydrogen) atoms. The first kappa shape index (κ1) is 19.7. The summed E-state index contributed by atoms with van der Waals surface area (Å²) in [7, 11) is 0. The van der Waals surface area contributed by atoms with Gasteiger partial charge in [0.05, 0.1) is 18.2 Å². The fourth-order valence-electron chi connectivity index (χ4n) is 3.09. The lowest BCUT2D eigenvalue weighted by Crippen LogP contribution is -2.49. The average molecular weight is 369 g/mol. The Labute approximate surface area is 153 Å². The summed E-state index contributed by atoms with van der Waals surface area (Å²) in [5.41, 5.74) is 1.74. The van der Waals surface area contributed by atoms with Crippen molar-refractivity contribution in [1.29, 1.82) is 0 Å². The minimum Gasteiger partial charge on any atom is -0.394 e. The Kier molecular flexibility index (Phi) is 7.64. The molecule has 1 unspecified atom stereocenters. The number of nitrogens with one attached hydrogen (secondary N) is 1. The number of carbonyl (C=O) groups excluding carboxylic acids is 2. The topological polar surface area (TPSA) is 85.8 Å². The van der Waals surface area contributed by atoms with Gasteiger partial charge in [0.1, 0.15) is 0 Å². The molecule has 1 saturated heterocycles. The van der Waals surface area contributed by atoms with E-state index in [1.54, 1.807) is 16.6 Å². The lowest BCUT2D eigenvalue weighted by atomic mass is 9.95. The van der Waals surface area contributed by atoms with Crippen LogP contribution in [-0.4, -0.2) is 70.7 Å². The van der Waals surface area contributed by atoms with Gasteiger partial charge in [-0.1, -0.05) is 0 Å². The first-order valence-corrected chi connectivity index (χ1v) is 9.79. The number of hydrogen-bond donors (Lipinski definition) is 2. The minimum absolute atomic E-state index is 0.0292. The van der Waals surface area contributed by atoms with Crippen LogP contribution in [-0.2, 0) is 11.2 Å². The van der Waals surface area contributed by atoms with E-state index in [9.17, 15) is 14.7 Å². The third-order valence-corrected chi connectivity index (χ3v) is 5.47. The van der Waals surface area contributed by atoms with Crippen LogP contribution in [0.15, 0.2) is 11.7 Å². The number of likely N-dealkylation sites (tertiary alicyclic amines) is 1. The van der Waals surface area contributed by atoms with Crippen molar-refractivity contribution in [2.75, 3.05) is 32.8 Å². The Balaban J connectivity index is 1.81. The SMILES string of the molecule is CCN(CC)C(=O)N1CCC(C(=O)NC(CO)Cc2cncs2)CC1. The van der Waals surface area contributed by atoms with Gasteiger partial charge in [-0.05, 0) is 26.7 Å². The largest absolute Gasteiger partial charge is 0.394 e. The number of nitrogens with zero attached hydrogens (tertiary/aromatic N) is 3. The Morgan fingerprint density at radius 1 is 1.40 bits per heavy atom. The molecule has 1 aliphatic heterocycles. The maximum Gasteiger partial charge on any atom is 0.319 e. The lowest BCUT2D eigenvalue weighted by molar-refractivity contribution is -0.127. The molecule has 1 aromatic heterocycles. The van der Waals surface area contributed by atoms with Crippen LogP contribution in [0, 0.1) is 5.92 Å². The van der Waals surface area contributed by atoms with E-state index < -0.39 is 0 Å². The number of urea groups is 1. The van der Waals surface area contributed by atoms with Crippen LogP contribution < -0.4 is 5.32 Å². The van der Waals surface area contributed by atoms with Gasteiger partial charge in [0.25, 0.3) is 0 Å². The summed E-state index contributed by atoms with van der Waals surface area (Å²) < 4.78 is 0. The molecule has 0 aliphatic carbocycles. The van der Waals surface area contributed by atoms with Crippen molar-refractivity contribution in [3.8, 4) is 0 Å². The van der Waals surface area contributed by atoms with E-state index in [1.807, 2.05) is 18.7 Å². The Hall–Kier alpha value is -1.67. The number of aromatic nitrogens is 1. The highest BCUT2D eigenvalue weighted by Gasteiger charge is 2.29. The van der Waals surface area contributed by atoms with Gasteiger partial charge in [0.2, 0.25) is 5.91 Å². The van der Waals surface area contributed by atoms with E-state index in [2.05, 4.69) is 10.3 Å². The molecule has 2 N–H and O–H groups in total. The molecule has 7 nitrogen and oxygen atoms in total. The van der Waals surface area contributed by atoms with Crippen molar-refractivity contribution in [3.63, 3.8) is 0 Å². The summed E-state index contributed by atoms with van der Waals surface area (Å²) in [6.07, 6.45) is 3.68. The third kappa shape index (κ3) is 5.40. The van der Waals surface area contributed by atoms with E-state index in [0.717, 1.165) is 4.88 Å². The highest BCUT2D eigenvalue weighted by Crippen LogP contribution is 2.19. The number of piperidine rings is 1. The van der Waals surface area contributed by atoms with Crippen molar-refractivity contribution in [2.24, 2.45) is 5.92 Å². The summed E-state index contributed by atoms with van der Waals surface area (Å²) in [6, 6.07) is -0.231. The van der Waals surface area contributed by atoms with Gasteiger partial charge in [-0.15, -0.1) is 11.3 Å². The molecular formula is C17H28N4O3S. The van der Waals surface area contributed by atoms with Gasteiger partial charge in [-0.2, -0.15) is 0 Å². The standard InChI is InChI=1S/C17H28N4O3S/c1-3-20(4-2)17(24)21-7-5-13(6-8-21)16(23)19-14(11-22)9-15-10-18-12-25-15/h10,12-14,22H,3-9,11H2,1-2H3,(H,19,23). The number of thiazole rings is 1. The summed E-state index contributed by atoms with van der Waals surface area (Å²) in [4.78, 5) is 33.5. The number of carbonyl (C=O) groups is 2. The van der Waals surface area contributed by atoms with Crippen molar-refractivity contribution in [1.82, 2.24) is 20.1 Å². The predicted molar refractivity (Wildman–Crippen MR) is 97.4 cm³/mol. The van der Waals surface area contributed by atoms with Crippen molar-refractivity contribution in [2.45, 2.75) is 39.2 Å². The molecule has 1 aromatic rings. The van der Waals surface area contributed by atoms with Gasteiger partial charge in [-0.3, -0.25) is 9.78 Å². The van der Waals surface area contributed by atoms with Gasteiger partial charge >= 0.3 is 6.03 Å². The molecule has 0 spiro atoms.